The van der Waals surface area contributed by atoms with Crippen LogP contribution in [0.4, 0.5) is 0 Å². The molecule has 0 heterocycles. The second-order valence-corrected chi connectivity index (χ2v) is 0. The van der Waals surface area contributed by atoms with Crippen LogP contribution in [0.25, 0.3) is 0 Å². The summed E-state index contributed by atoms with van der Waals surface area (Å²) in [6, 6.07) is 0. The van der Waals surface area contributed by atoms with Gasteiger partial charge in [0, 0.05) is 0 Å². The Morgan fingerprint density at radius 2 is 0.444 bits per heavy atom. The first-order chi connectivity index (χ1) is 0. The van der Waals surface area contributed by atoms with Gasteiger partial charge in [0.05, 0.1) is 0 Å². The molecule has 0 rings (SSSR count). The standard InChI is InChI=1S/Ba.Ca.6H2O.Sr/h;;6*1H2;/q2*+2;;;;;;;+2/p-6. The first kappa shape index (κ1) is 115. The summed E-state index contributed by atoms with van der Waals surface area (Å²) < 4.78 is 0. The van der Waals surface area contributed by atoms with Gasteiger partial charge in [-0.2, -0.15) is 0 Å². The van der Waals surface area contributed by atoms with E-state index in [1.165, 1.54) is 0 Å². The van der Waals surface area contributed by atoms with Gasteiger partial charge in [0.2, 0.25) is 0 Å². The van der Waals surface area contributed by atoms with Crippen molar-refractivity contribution in [3.63, 3.8) is 0 Å². The normalized spacial score (nSPS) is 0. The molecule has 0 atom stereocenters. The molecule has 6 N–H and O–H groups in total. The Morgan fingerprint density at radius 1 is 0.444 bits per heavy atom. The molecule has 0 spiro atoms. The Labute approximate surface area is 160 Å². The summed E-state index contributed by atoms with van der Waals surface area (Å²) >= 11 is 0. The van der Waals surface area contributed by atoms with Crippen molar-refractivity contribution in [3.8, 4) is 0 Å². The van der Waals surface area contributed by atoms with Crippen LogP contribution in [0.3, 0.4) is 0 Å². The van der Waals surface area contributed by atoms with E-state index in [2.05, 4.69) is 0 Å². The van der Waals surface area contributed by atoms with E-state index in [1.807, 2.05) is 0 Å². The molecule has 0 aliphatic heterocycles. The van der Waals surface area contributed by atoms with Crippen molar-refractivity contribution in [3.05, 3.63) is 0 Å². The molecule has 48 valence electrons. The first-order valence-electron chi connectivity index (χ1n) is 0. The molecule has 0 aliphatic carbocycles. The third kappa shape index (κ3) is 73.9. The van der Waals surface area contributed by atoms with Gasteiger partial charge in [0.15, 0.2) is 0 Å². The molecule has 0 aromatic rings. The van der Waals surface area contributed by atoms with E-state index >= 15 is 0 Å². The Hall–Kier alpha value is 4.07. The van der Waals surface area contributed by atoms with Crippen molar-refractivity contribution in [2.24, 2.45) is 0 Å². The van der Waals surface area contributed by atoms with Crippen molar-refractivity contribution >= 4 is 132 Å². The van der Waals surface area contributed by atoms with E-state index in [4.69, 9.17) is 0 Å². The minimum atomic E-state index is 0. The topological polar surface area (TPSA) is 180 Å². The van der Waals surface area contributed by atoms with Gasteiger partial charge in [0.1, 0.15) is 0 Å². The first-order valence-corrected chi connectivity index (χ1v) is 0. The molecule has 0 aliphatic rings. The SMILES string of the molecule is [Ba+2].[Ca+2].[OH-].[OH-].[OH-].[OH-].[OH-].[OH-].[Sr+2]. The van der Waals surface area contributed by atoms with Gasteiger partial charge in [0.25, 0.3) is 0 Å². The van der Waals surface area contributed by atoms with Crippen molar-refractivity contribution in [2.45, 2.75) is 0 Å². The summed E-state index contributed by atoms with van der Waals surface area (Å²) in [5.74, 6) is 0. The fraction of sp³-hybridized carbons (Fsp3) is 0. The number of rotatable bonds is 0. The van der Waals surface area contributed by atoms with Crippen LogP contribution in [0, 0.1) is 0 Å². The second kappa shape index (κ2) is 89.3. The monoisotopic (exact) mass is 368 g/mol. The van der Waals surface area contributed by atoms with Gasteiger partial charge < -0.3 is 32.9 Å². The van der Waals surface area contributed by atoms with E-state index in [1.54, 1.807) is 0 Å². The molecule has 9 heavy (non-hydrogen) atoms. The smallest absolute Gasteiger partial charge is 0.870 e. The molecule has 0 radical (unpaired) electrons. The Morgan fingerprint density at radius 3 is 0.444 bits per heavy atom. The molecule has 0 aromatic heterocycles. The van der Waals surface area contributed by atoms with Crippen LogP contribution in [0.2, 0.25) is 0 Å². The molecular weight excluding hydrogens is 361 g/mol. The van der Waals surface area contributed by atoms with Crippen LogP contribution >= 0.6 is 0 Å². The average molecular weight is 367 g/mol. The van der Waals surface area contributed by atoms with Crippen LogP contribution < -0.4 is 0 Å². The van der Waals surface area contributed by atoms with E-state index in [-0.39, 0.29) is 165 Å². The van der Waals surface area contributed by atoms with Gasteiger partial charge >= 0.3 is 132 Å². The largest absolute Gasteiger partial charge is 2.00 e. The van der Waals surface area contributed by atoms with Crippen molar-refractivity contribution in [1.82, 2.24) is 0 Å². The maximum Gasteiger partial charge on any atom is 2.00 e. The van der Waals surface area contributed by atoms with E-state index in [9.17, 15) is 0 Å². The molecule has 0 saturated carbocycles. The van der Waals surface area contributed by atoms with Gasteiger partial charge in [-0.25, -0.2) is 0 Å². The molecule has 0 saturated heterocycles. The molecule has 9 heteroatoms. The minimum absolute atomic E-state index is 0. The molecule has 0 aromatic carbocycles. The van der Waals surface area contributed by atoms with Crippen molar-refractivity contribution < 1.29 is 32.9 Å². The van der Waals surface area contributed by atoms with E-state index in [0.29, 0.717) is 0 Å². The van der Waals surface area contributed by atoms with Crippen LogP contribution in [-0.4, -0.2) is 165 Å². The zero-order valence-corrected chi connectivity index (χ0v) is 14.9. The number of hydrogen-bond donors (Lipinski definition) is 0. The average Bonchev–Trinajstić information content (AvgIpc) is 0. The zero-order valence-electron chi connectivity index (χ0n) is 4.80. The summed E-state index contributed by atoms with van der Waals surface area (Å²) in [5, 5.41) is 0. The van der Waals surface area contributed by atoms with Crippen molar-refractivity contribution in [1.29, 1.82) is 0 Å². The second-order valence-electron chi connectivity index (χ2n) is 0. The van der Waals surface area contributed by atoms with Crippen LogP contribution in [0.5, 0.6) is 0 Å². The van der Waals surface area contributed by atoms with Crippen LogP contribution in [-0.2, 0) is 0 Å². The fourth-order valence-electron chi connectivity index (χ4n) is 0. The van der Waals surface area contributed by atoms with Gasteiger partial charge in [-0.1, -0.05) is 0 Å². The van der Waals surface area contributed by atoms with E-state index in [0.717, 1.165) is 0 Å². The number of hydrogen-bond acceptors (Lipinski definition) is 6. The van der Waals surface area contributed by atoms with Gasteiger partial charge in [-0.15, -0.1) is 0 Å². The maximum atomic E-state index is 0. The van der Waals surface area contributed by atoms with Gasteiger partial charge in [-0.3, -0.25) is 0 Å². The quantitative estimate of drug-likeness (QED) is 0.438. The van der Waals surface area contributed by atoms with Crippen LogP contribution in [0.15, 0.2) is 0 Å². The molecule has 0 amide bonds. The Bertz CT molecular complexity index is 13.0. The predicted octanol–water partition coefficient (Wildman–Crippen LogP) is -2.20. The zero-order chi connectivity index (χ0) is 0. The summed E-state index contributed by atoms with van der Waals surface area (Å²) in [5.41, 5.74) is 0. The fourth-order valence-corrected chi connectivity index (χ4v) is 0. The van der Waals surface area contributed by atoms with Crippen LogP contribution in [0.1, 0.15) is 0 Å². The summed E-state index contributed by atoms with van der Waals surface area (Å²) in [4.78, 5) is 0. The molecule has 0 unspecified atom stereocenters. The summed E-state index contributed by atoms with van der Waals surface area (Å²) in [6.45, 7) is 0. The van der Waals surface area contributed by atoms with Crippen molar-refractivity contribution in [2.75, 3.05) is 0 Å². The maximum absolute atomic E-state index is 0. The molecule has 0 bridgehead atoms. The summed E-state index contributed by atoms with van der Waals surface area (Å²) in [7, 11) is 0. The summed E-state index contributed by atoms with van der Waals surface area (Å²) in [6.07, 6.45) is 0. The molecular formula is H6BaCaO6Sr. The third-order valence-electron chi connectivity index (χ3n) is 0. The molecule has 0 fully saturated rings. The Kier molecular flexibility index (Phi) is 1140. The van der Waals surface area contributed by atoms with E-state index < -0.39 is 0 Å². The minimum Gasteiger partial charge on any atom is -0.870 e. The third-order valence-corrected chi connectivity index (χ3v) is 0. The predicted molar refractivity (Wildman–Crippen MR) is 28.9 cm³/mol. The van der Waals surface area contributed by atoms with Gasteiger partial charge in [-0.05, 0) is 0 Å². The molecule has 6 nitrogen and oxygen atoms in total. The Balaban J connectivity index is 0.